The SMILES string of the molecule is CS(=O)(=O)N1C[C@H]2C[C@@H](C1)c1cccc(=O)n1C2. The molecule has 98 valence electrons. The maximum absolute atomic E-state index is 11.8. The topological polar surface area (TPSA) is 59.4 Å². The summed E-state index contributed by atoms with van der Waals surface area (Å²) in [7, 11) is -3.13. The molecule has 0 unspecified atom stereocenters. The molecule has 0 N–H and O–H groups in total. The maximum atomic E-state index is 11.8. The predicted molar refractivity (Wildman–Crippen MR) is 68.0 cm³/mol. The fourth-order valence-corrected chi connectivity index (χ4v) is 4.06. The van der Waals surface area contributed by atoms with Crippen molar-refractivity contribution in [2.24, 2.45) is 5.92 Å². The third-order valence-electron chi connectivity index (χ3n) is 3.92. The second-order valence-corrected chi connectivity index (χ2v) is 7.26. The summed E-state index contributed by atoms with van der Waals surface area (Å²) in [5, 5.41) is 0. The van der Waals surface area contributed by atoms with Gasteiger partial charge >= 0.3 is 0 Å². The molecule has 2 bridgehead atoms. The summed E-state index contributed by atoms with van der Waals surface area (Å²) >= 11 is 0. The molecule has 0 radical (unpaired) electrons. The van der Waals surface area contributed by atoms with E-state index in [9.17, 15) is 13.2 Å². The molecular weight excluding hydrogens is 252 g/mol. The molecule has 1 aromatic rings. The van der Waals surface area contributed by atoms with Crippen LogP contribution in [0.5, 0.6) is 0 Å². The summed E-state index contributed by atoms with van der Waals surface area (Å²) in [6.07, 6.45) is 2.24. The molecule has 2 aliphatic rings. The molecule has 6 heteroatoms. The summed E-state index contributed by atoms with van der Waals surface area (Å²) in [5.41, 5.74) is 1.00. The van der Waals surface area contributed by atoms with E-state index in [0.717, 1.165) is 12.1 Å². The normalized spacial score (nSPS) is 27.8. The van der Waals surface area contributed by atoms with Gasteiger partial charge in [0.2, 0.25) is 10.0 Å². The zero-order valence-corrected chi connectivity index (χ0v) is 11.1. The number of piperidine rings is 1. The Morgan fingerprint density at radius 1 is 1.22 bits per heavy atom. The number of hydrogen-bond acceptors (Lipinski definition) is 3. The van der Waals surface area contributed by atoms with Crippen LogP contribution >= 0.6 is 0 Å². The van der Waals surface area contributed by atoms with E-state index in [1.807, 2.05) is 6.07 Å². The average molecular weight is 268 g/mol. The number of rotatable bonds is 1. The van der Waals surface area contributed by atoms with Gasteiger partial charge in [-0.2, -0.15) is 0 Å². The van der Waals surface area contributed by atoms with E-state index in [0.29, 0.717) is 19.6 Å². The summed E-state index contributed by atoms with van der Waals surface area (Å²) in [6, 6.07) is 5.26. The fourth-order valence-electron chi connectivity index (χ4n) is 3.12. The third-order valence-corrected chi connectivity index (χ3v) is 5.15. The Balaban J connectivity index is 2.02. The average Bonchev–Trinajstić information content (AvgIpc) is 2.29. The molecule has 3 rings (SSSR count). The van der Waals surface area contributed by atoms with E-state index in [4.69, 9.17) is 0 Å². The smallest absolute Gasteiger partial charge is 0.250 e. The van der Waals surface area contributed by atoms with Crippen LogP contribution in [0.4, 0.5) is 0 Å². The second kappa shape index (κ2) is 3.93. The highest BCUT2D eigenvalue weighted by molar-refractivity contribution is 7.88. The van der Waals surface area contributed by atoms with Gasteiger partial charge in [0.1, 0.15) is 0 Å². The molecular formula is C12H16N2O3S. The first kappa shape index (κ1) is 11.9. The van der Waals surface area contributed by atoms with Gasteiger partial charge in [0.15, 0.2) is 0 Å². The largest absolute Gasteiger partial charge is 0.312 e. The Morgan fingerprint density at radius 3 is 2.72 bits per heavy atom. The first-order valence-electron chi connectivity index (χ1n) is 6.10. The summed E-state index contributed by atoms with van der Waals surface area (Å²) in [4.78, 5) is 11.8. The van der Waals surface area contributed by atoms with Crippen LogP contribution in [-0.2, 0) is 16.6 Å². The minimum Gasteiger partial charge on any atom is -0.312 e. The van der Waals surface area contributed by atoms with Crippen LogP contribution in [0.3, 0.4) is 0 Å². The van der Waals surface area contributed by atoms with Gasteiger partial charge in [0.25, 0.3) is 5.56 Å². The van der Waals surface area contributed by atoms with Crippen molar-refractivity contribution >= 4 is 10.0 Å². The Labute approximate surface area is 106 Å². The predicted octanol–water partition coefficient (Wildman–Crippen LogP) is 0.227. The summed E-state index contributed by atoms with van der Waals surface area (Å²) in [5.74, 6) is 0.409. The standard InChI is InChI=1S/C12H16N2O3S/c1-18(16,17)13-6-9-5-10(8-13)11-3-2-4-12(15)14(11)7-9/h2-4,9-10H,5-8H2,1H3/t9-,10+/m1/s1. The Bertz CT molecular complexity index is 635. The molecule has 0 amide bonds. The molecule has 0 aliphatic carbocycles. The van der Waals surface area contributed by atoms with E-state index in [1.165, 1.54) is 6.26 Å². The number of fused-ring (bicyclic) bond motifs is 4. The quantitative estimate of drug-likeness (QED) is 0.732. The van der Waals surface area contributed by atoms with E-state index in [2.05, 4.69) is 0 Å². The first-order chi connectivity index (χ1) is 8.45. The van der Waals surface area contributed by atoms with Crippen molar-refractivity contribution in [1.82, 2.24) is 8.87 Å². The van der Waals surface area contributed by atoms with Gasteiger partial charge in [-0.05, 0) is 18.4 Å². The minimum absolute atomic E-state index is 0.0232. The van der Waals surface area contributed by atoms with Gasteiger partial charge in [0.05, 0.1) is 6.26 Å². The van der Waals surface area contributed by atoms with Crippen LogP contribution in [0.25, 0.3) is 0 Å². The lowest BCUT2D eigenvalue weighted by Gasteiger charge is -2.41. The number of pyridine rings is 1. The molecule has 5 nitrogen and oxygen atoms in total. The highest BCUT2D eigenvalue weighted by Gasteiger charge is 2.37. The van der Waals surface area contributed by atoms with Gasteiger partial charge in [-0.3, -0.25) is 4.79 Å². The number of nitrogens with zero attached hydrogens (tertiary/aromatic N) is 2. The Morgan fingerprint density at radius 2 is 2.00 bits per heavy atom. The van der Waals surface area contributed by atoms with Crippen molar-refractivity contribution in [1.29, 1.82) is 0 Å². The Kier molecular flexibility index (Phi) is 2.60. The monoisotopic (exact) mass is 268 g/mol. The zero-order valence-electron chi connectivity index (χ0n) is 10.2. The minimum atomic E-state index is -3.13. The molecule has 0 spiro atoms. The molecule has 2 aliphatic heterocycles. The molecule has 0 saturated carbocycles. The molecule has 1 fully saturated rings. The van der Waals surface area contributed by atoms with Crippen molar-refractivity contribution in [2.45, 2.75) is 18.9 Å². The summed E-state index contributed by atoms with van der Waals surface area (Å²) < 4.78 is 26.7. The highest BCUT2D eigenvalue weighted by atomic mass is 32.2. The van der Waals surface area contributed by atoms with Gasteiger partial charge in [-0.15, -0.1) is 0 Å². The number of hydrogen-bond donors (Lipinski definition) is 0. The van der Waals surface area contributed by atoms with Crippen LogP contribution in [0.1, 0.15) is 18.0 Å². The number of aromatic nitrogens is 1. The molecule has 1 saturated heterocycles. The second-order valence-electron chi connectivity index (χ2n) is 5.28. The van der Waals surface area contributed by atoms with Crippen LogP contribution in [0.15, 0.2) is 23.0 Å². The molecule has 0 aromatic carbocycles. The lowest BCUT2D eigenvalue weighted by molar-refractivity contribution is 0.187. The van der Waals surface area contributed by atoms with Crippen LogP contribution < -0.4 is 5.56 Å². The molecule has 18 heavy (non-hydrogen) atoms. The van der Waals surface area contributed by atoms with Gasteiger partial charge in [-0.25, -0.2) is 12.7 Å². The lowest BCUT2D eigenvalue weighted by Crippen LogP contribution is -2.48. The van der Waals surface area contributed by atoms with Crippen LogP contribution in [0, 0.1) is 5.92 Å². The molecule has 3 heterocycles. The van der Waals surface area contributed by atoms with Gasteiger partial charge < -0.3 is 4.57 Å². The number of sulfonamides is 1. The van der Waals surface area contributed by atoms with E-state index >= 15 is 0 Å². The van der Waals surface area contributed by atoms with Gasteiger partial charge in [-0.1, -0.05) is 6.07 Å². The molecule has 1 aromatic heterocycles. The Hall–Kier alpha value is -1.14. The highest BCUT2D eigenvalue weighted by Crippen LogP contribution is 2.35. The van der Waals surface area contributed by atoms with Crippen molar-refractivity contribution < 1.29 is 8.42 Å². The van der Waals surface area contributed by atoms with Crippen LogP contribution in [-0.4, -0.2) is 36.6 Å². The van der Waals surface area contributed by atoms with Crippen molar-refractivity contribution in [3.8, 4) is 0 Å². The van der Waals surface area contributed by atoms with Crippen molar-refractivity contribution in [3.63, 3.8) is 0 Å². The lowest BCUT2D eigenvalue weighted by atomic mass is 9.84. The van der Waals surface area contributed by atoms with Crippen LogP contribution in [0.2, 0.25) is 0 Å². The van der Waals surface area contributed by atoms with Crippen molar-refractivity contribution in [3.05, 3.63) is 34.2 Å². The van der Waals surface area contributed by atoms with E-state index < -0.39 is 10.0 Å². The van der Waals surface area contributed by atoms with Crippen molar-refractivity contribution in [2.75, 3.05) is 19.3 Å². The molecule has 2 atom stereocenters. The summed E-state index contributed by atoms with van der Waals surface area (Å²) in [6.45, 7) is 1.67. The van der Waals surface area contributed by atoms with Gasteiger partial charge in [0, 0.05) is 37.3 Å². The van der Waals surface area contributed by atoms with E-state index in [-0.39, 0.29) is 17.4 Å². The maximum Gasteiger partial charge on any atom is 0.250 e. The van der Waals surface area contributed by atoms with E-state index in [1.54, 1.807) is 21.0 Å². The zero-order chi connectivity index (χ0) is 12.9. The first-order valence-corrected chi connectivity index (χ1v) is 7.95. The fraction of sp³-hybridized carbons (Fsp3) is 0.583. The third kappa shape index (κ3) is 1.89.